The van der Waals surface area contributed by atoms with E-state index in [1.165, 1.54) is 51.4 Å². The van der Waals surface area contributed by atoms with Crippen LogP contribution in [0.3, 0.4) is 0 Å². The minimum atomic E-state index is 0. The zero-order chi connectivity index (χ0) is 18.5. The molecule has 0 saturated heterocycles. The normalized spacial score (nSPS) is 9.85. The molecule has 0 atom stereocenters. The van der Waals surface area contributed by atoms with Crippen LogP contribution >= 0.6 is 0 Å². The van der Waals surface area contributed by atoms with Crippen molar-refractivity contribution in [1.82, 2.24) is 0 Å². The summed E-state index contributed by atoms with van der Waals surface area (Å²) < 4.78 is 7.42. The van der Waals surface area contributed by atoms with Gasteiger partial charge in [0, 0.05) is 29.7 Å². The Hall–Kier alpha value is -1.79. The van der Waals surface area contributed by atoms with Gasteiger partial charge in [0.25, 0.3) is 0 Å². The fourth-order valence-electron chi connectivity index (χ4n) is 2.94. The Balaban J connectivity index is 0.00000364. The summed E-state index contributed by atoms with van der Waals surface area (Å²) >= 11 is 0. The third-order valence-corrected chi connectivity index (χ3v) is 4.60. The van der Waals surface area contributed by atoms with Crippen LogP contribution < -0.4 is 26.3 Å². The minimum Gasteiger partial charge on any atom is -1.00 e. The first-order chi connectivity index (χ1) is 12.8. The number of hydrogen-bond donors (Lipinski definition) is 0. The minimum absolute atomic E-state index is 0. The van der Waals surface area contributed by atoms with Crippen LogP contribution in [-0.2, 0) is 6.54 Å². The second kappa shape index (κ2) is 14.3. The highest BCUT2D eigenvalue weighted by atomic mass is 79.9. The van der Waals surface area contributed by atoms with Gasteiger partial charge in [-0.3, -0.25) is 0 Å². The van der Waals surface area contributed by atoms with E-state index in [1.54, 1.807) is 7.11 Å². The smallest absolute Gasteiger partial charge is 0.170 e. The van der Waals surface area contributed by atoms with E-state index >= 15 is 0 Å². The molecule has 1 aromatic heterocycles. The summed E-state index contributed by atoms with van der Waals surface area (Å²) in [5.41, 5.74) is 2.05. The number of methoxy groups -OCH3 is 1. The molecule has 0 saturated carbocycles. The van der Waals surface area contributed by atoms with Crippen LogP contribution in [0.5, 0.6) is 5.75 Å². The molecule has 3 heteroatoms. The van der Waals surface area contributed by atoms with E-state index in [0.29, 0.717) is 0 Å². The van der Waals surface area contributed by atoms with Crippen molar-refractivity contribution >= 4 is 0 Å². The number of nitrogens with zero attached hydrogens (tertiary/aromatic N) is 1. The van der Waals surface area contributed by atoms with E-state index < -0.39 is 0 Å². The van der Waals surface area contributed by atoms with Gasteiger partial charge in [-0.05, 0) is 30.7 Å². The summed E-state index contributed by atoms with van der Waals surface area (Å²) in [5.74, 6) is 7.28. The van der Waals surface area contributed by atoms with E-state index in [9.17, 15) is 0 Å². The van der Waals surface area contributed by atoms with Gasteiger partial charge < -0.3 is 21.7 Å². The van der Waals surface area contributed by atoms with Gasteiger partial charge in [-0.2, -0.15) is 0 Å². The van der Waals surface area contributed by atoms with Crippen LogP contribution in [0.4, 0.5) is 0 Å². The van der Waals surface area contributed by atoms with Crippen molar-refractivity contribution < 1.29 is 26.3 Å². The molecule has 2 rings (SSSR count). The quantitative estimate of drug-likeness (QED) is 0.321. The molecule has 2 aromatic rings. The molecule has 27 heavy (non-hydrogen) atoms. The molecular formula is C24H32BrNO. The molecule has 0 radical (unpaired) electrons. The number of pyridine rings is 1. The second-order valence-corrected chi connectivity index (χ2v) is 6.78. The van der Waals surface area contributed by atoms with Crippen molar-refractivity contribution in [2.75, 3.05) is 7.11 Å². The van der Waals surface area contributed by atoms with Crippen molar-refractivity contribution in [1.29, 1.82) is 0 Å². The van der Waals surface area contributed by atoms with Gasteiger partial charge in [-0.1, -0.05) is 57.3 Å². The Labute approximate surface area is 175 Å². The van der Waals surface area contributed by atoms with Crippen molar-refractivity contribution in [2.24, 2.45) is 0 Å². The highest BCUT2D eigenvalue weighted by Gasteiger charge is 2.00. The average molecular weight is 430 g/mol. The molecule has 0 bridgehead atoms. The maximum absolute atomic E-state index is 5.16. The molecule has 1 heterocycles. The van der Waals surface area contributed by atoms with Gasteiger partial charge in [-0.15, -0.1) is 0 Å². The van der Waals surface area contributed by atoms with Gasteiger partial charge in [-0.25, -0.2) is 4.57 Å². The van der Waals surface area contributed by atoms with Crippen LogP contribution in [-0.4, -0.2) is 7.11 Å². The summed E-state index contributed by atoms with van der Waals surface area (Å²) in [4.78, 5) is 0. The number of ether oxygens (including phenoxy) is 1. The first-order valence-electron chi connectivity index (χ1n) is 9.97. The number of benzene rings is 1. The molecule has 0 spiro atoms. The number of rotatable bonds is 10. The first kappa shape index (κ1) is 23.2. The van der Waals surface area contributed by atoms with E-state index in [2.05, 4.69) is 47.9 Å². The summed E-state index contributed by atoms with van der Waals surface area (Å²) in [6.45, 7) is 3.37. The zero-order valence-electron chi connectivity index (χ0n) is 16.7. The number of unbranched alkanes of at least 4 members (excludes halogenated alkanes) is 7. The fourth-order valence-corrected chi connectivity index (χ4v) is 2.94. The van der Waals surface area contributed by atoms with Gasteiger partial charge in [0.2, 0.25) is 0 Å². The zero-order valence-corrected chi connectivity index (χ0v) is 18.3. The molecule has 2 nitrogen and oxygen atoms in total. The van der Waals surface area contributed by atoms with Crippen LogP contribution in [0.1, 0.15) is 69.4 Å². The molecular weight excluding hydrogens is 398 g/mol. The van der Waals surface area contributed by atoms with E-state index in [1.807, 2.05) is 24.3 Å². The Morgan fingerprint density at radius 3 is 1.81 bits per heavy atom. The predicted molar refractivity (Wildman–Crippen MR) is 108 cm³/mol. The number of aromatic nitrogens is 1. The van der Waals surface area contributed by atoms with Crippen molar-refractivity contribution in [3.8, 4) is 17.6 Å². The lowest BCUT2D eigenvalue weighted by molar-refractivity contribution is -0.697. The predicted octanol–water partition coefficient (Wildman–Crippen LogP) is 2.53. The van der Waals surface area contributed by atoms with Crippen LogP contribution in [0.25, 0.3) is 0 Å². The van der Waals surface area contributed by atoms with Crippen molar-refractivity contribution in [3.63, 3.8) is 0 Å². The molecule has 0 aliphatic heterocycles. The molecule has 0 aliphatic rings. The average Bonchev–Trinajstić information content (AvgIpc) is 2.69. The number of halogens is 1. The van der Waals surface area contributed by atoms with Crippen molar-refractivity contribution in [2.45, 2.75) is 64.8 Å². The van der Waals surface area contributed by atoms with Crippen molar-refractivity contribution in [3.05, 3.63) is 59.9 Å². The number of aryl methyl sites for hydroxylation is 1. The van der Waals surface area contributed by atoms with Crippen LogP contribution in [0.2, 0.25) is 0 Å². The largest absolute Gasteiger partial charge is 1.00 e. The second-order valence-electron chi connectivity index (χ2n) is 6.78. The van der Waals surface area contributed by atoms with Crippen LogP contribution in [0.15, 0.2) is 48.8 Å². The third-order valence-electron chi connectivity index (χ3n) is 4.60. The lowest BCUT2D eigenvalue weighted by Crippen LogP contribution is -3.00. The standard InChI is InChI=1S/C24H32NO.BrH/c1-3-4-5-6-7-8-9-10-19-25-20-17-23(18-21-25)12-11-22-13-15-24(26-2)16-14-22;/h13-18,20-21H,3-10,19H2,1-2H3;1H/q+1;/p-1. The molecule has 0 unspecified atom stereocenters. The molecule has 146 valence electrons. The molecule has 0 amide bonds. The lowest BCUT2D eigenvalue weighted by Gasteiger charge is -2.00. The topological polar surface area (TPSA) is 13.1 Å². The van der Waals surface area contributed by atoms with Gasteiger partial charge in [0.15, 0.2) is 12.4 Å². The highest BCUT2D eigenvalue weighted by Crippen LogP contribution is 2.10. The fraction of sp³-hybridized carbons (Fsp3) is 0.458. The maximum Gasteiger partial charge on any atom is 0.170 e. The Morgan fingerprint density at radius 2 is 1.26 bits per heavy atom. The molecule has 0 fully saturated rings. The summed E-state index contributed by atoms with van der Waals surface area (Å²) in [6, 6.07) is 12.0. The van der Waals surface area contributed by atoms with Crippen LogP contribution in [0, 0.1) is 11.8 Å². The van der Waals surface area contributed by atoms with E-state index in [0.717, 1.165) is 23.4 Å². The first-order valence-corrected chi connectivity index (χ1v) is 9.97. The third kappa shape index (κ3) is 9.63. The Morgan fingerprint density at radius 1 is 0.741 bits per heavy atom. The summed E-state index contributed by atoms with van der Waals surface area (Å²) in [6.07, 6.45) is 15.2. The molecule has 0 aliphatic carbocycles. The van der Waals surface area contributed by atoms with E-state index in [-0.39, 0.29) is 17.0 Å². The lowest BCUT2D eigenvalue weighted by atomic mass is 10.1. The maximum atomic E-state index is 5.16. The van der Waals surface area contributed by atoms with Gasteiger partial charge in [0.05, 0.1) is 7.11 Å². The van der Waals surface area contributed by atoms with E-state index in [4.69, 9.17) is 4.74 Å². The Kier molecular flexibility index (Phi) is 12.3. The monoisotopic (exact) mass is 429 g/mol. The van der Waals surface area contributed by atoms with Gasteiger partial charge >= 0.3 is 0 Å². The highest BCUT2D eigenvalue weighted by molar-refractivity contribution is 5.43. The molecule has 0 N–H and O–H groups in total. The summed E-state index contributed by atoms with van der Waals surface area (Å²) in [7, 11) is 1.67. The molecule has 1 aromatic carbocycles. The summed E-state index contributed by atoms with van der Waals surface area (Å²) in [5, 5.41) is 0. The van der Waals surface area contributed by atoms with Gasteiger partial charge in [0.1, 0.15) is 12.3 Å². The number of hydrogen-bond acceptors (Lipinski definition) is 1. The SMILES string of the molecule is CCCCCCCCCC[n+]1ccc(C#Cc2ccc(OC)cc2)cc1.[Br-]. The Bertz CT molecular complexity index is 683.